The zero-order chi connectivity index (χ0) is 17.6. The van der Waals surface area contributed by atoms with E-state index >= 15 is 0 Å². The van der Waals surface area contributed by atoms with E-state index in [0.29, 0.717) is 0 Å². The molecule has 3 rings (SSSR count). The zero-order valence-electron chi connectivity index (χ0n) is 15.7. The van der Waals surface area contributed by atoms with Crippen molar-refractivity contribution in [3.63, 3.8) is 0 Å². The Morgan fingerprint density at radius 3 is 2.56 bits per heavy atom. The van der Waals surface area contributed by atoms with Crippen molar-refractivity contribution in [1.82, 2.24) is 9.80 Å². The van der Waals surface area contributed by atoms with Crippen LogP contribution in [0.3, 0.4) is 0 Å². The van der Waals surface area contributed by atoms with Gasteiger partial charge in [-0.15, -0.1) is 0 Å². The molecule has 1 aromatic carbocycles. The van der Waals surface area contributed by atoms with Crippen LogP contribution in [-0.4, -0.2) is 54.2 Å². The quantitative estimate of drug-likeness (QED) is 0.584. The van der Waals surface area contributed by atoms with Gasteiger partial charge in [-0.05, 0) is 30.4 Å². The zero-order valence-corrected chi connectivity index (χ0v) is 16.5. The number of aryl methyl sites for hydroxylation is 1. The smallest absolute Gasteiger partial charge is 0.163 e. The van der Waals surface area contributed by atoms with Crippen LogP contribution in [0.15, 0.2) is 35.8 Å². The van der Waals surface area contributed by atoms with Crippen LogP contribution < -0.4 is 0 Å². The second-order valence-corrected chi connectivity index (χ2v) is 8.11. The molecule has 136 valence electrons. The number of rotatable bonds is 4. The summed E-state index contributed by atoms with van der Waals surface area (Å²) in [6.07, 6.45) is 6.68. The monoisotopic (exact) mass is 357 g/mol. The predicted molar refractivity (Wildman–Crippen MR) is 111 cm³/mol. The van der Waals surface area contributed by atoms with Crippen molar-refractivity contribution in [3.05, 3.63) is 42.0 Å². The van der Waals surface area contributed by atoms with Crippen molar-refractivity contribution in [2.45, 2.75) is 45.1 Å². The highest BCUT2D eigenvalue weighted by Gasteiger charge is 2.27. The van der Waals surface area contributed by atoms with Gasteiger partial charge in [0.1, 0.15) is 0 Å². The number of benzene rings is 1. The second kappa shape index (κ2) is 8.91. The van der Waals surface area contributed by atoms with E-state index in [0.717, 1.165) is 35.6 Å². The van der Waals surface area contributed by atoms with Gasteiger partial charge in [-0.25, -0.2) is 0 Å². The molecule has 0 aromatic heterocycles. The summed E-state index contributed by atoms with van der Waals surface area (Å²) in [5.74, 6) is 0. The minimum Gasteiger partial charge on any atom is -0.349 e. The first-order valence-corrected chi connectivity index (χ1v) is 10.4. The maximum Gasteiger partial charge on any atom is 0.163 e. The average Bonchev–Trinajstić information content (AvgIpc) is 3.21. The lowest BCUT2D eigenvalue weighted by Gasteiger charge is -2.39. The fourth-order valence-electron chi connectivity index (χ4n) is 3.93. The first-order valence-electron chi connectivity index (χ1n) is 9.63. The fourth-order valence-corrected chi connectivity index (χ4v) is 4.80. The minimum atomic E-state index is 0.837. The first kappa shape index (κ1) is 18.5. The second-order valence-electron chi connectivity index (χ2n) is 7.05. The van der Waals surface area contributed by atoms with Gasteiger partial charge in [0.25, 0.3) is 0 Å². The fraction of sp³-hybridized carbons (Fsp3) is 0.571. The molecule has 25 heavy (non-hydrogen) atoms. The van der Waals surface area contributed by atoms with E-state index in [9.17, 15) is 0 Å². The Bertz CT molecular complexity index is 611. The van der Waals surface area contributed by atoms with Crippen LogP contribution >= 0.6 is 11.8 Å². The summed E-state index contributed by atoms with van der Waals surface area (Å²) in [5, 5.41) is 1.11. The molecular weight excluding hydrogens is 326 g/mol. The van der Waals surface area contributed by atoms with Crippen LogP contribution in [0, 0.1) is 0 Å². The number of piperazine rings is 1. The Morgan fingerprint density at radius 2 is 1.92 bits per heavy atom. The number of hydrogen-bond donors (Lipinski definition) is 0. The lowest BCUT2D eigenvalue weighted by Crippen LogP contribution is -2.50. The van der Waals surface area contributed by atoms with Gasteiger partial charge >= 0.3 is 0 Å². The largest absolute Gasteiger partial charge is 0.349 e. The molecule has 1 saturated carbocycles. The summed E-state index contributed by atoms with van der Waals surface area (Å²) in [4.78, 5) is 10.8. The lowest BCUT2D eigenvalue weighted by atomic mass is 10.1. The Labute approximate surface area is 157 Å². The molecule has 0 unspecified atom stereocenters. The SMILES string of the molecule is C=C(SC(=NC)N1CCN(C2CCCC2)CC1)c1cccc(CC)c1. The molecule has 0 N–H and O–H groups in total. The Hall–Kier alpha value is -1.26. The summed E-state index contributed by atoms with van der Waals surface area (Å²) in [5.41, 5.74) is 2.58. The molecule has 0 bridgehead atoms. The number of amidine groups is 1. The van der Waals surface area contributed by atoms with E-state index in [4.69, 9.17) is 0 Å². The third kappa shape index (κ3) is 4.68. The van der Waals surface area contributed by atoms with Crippen LogP contribution in [0.2, 0.25) is 0 Å². The van der Waals surface area contributed by atoms with Gasteiger partial charge in [-0.3, -0.25) is 9.89 Å². The third-order valence-corrected chi connectivity index (χ3v) is 6.59. The van der Waals surface area contributed by atoms with Crippen molar-refractivity contribution in [2.75, 3.05) is 33.2 Å². The normalized spacial score (nSPS) is 20.2. The molecule has 0 spiro atoms. The summed E-state index contributed by atoms with van der Waals surface area (Å²) in [6.45, 7) is 11.0. The van der Waals surface area contributed by atoms with E-state index in [1.54, 1.807) is 11.8 Å². The van der Waals surface area contributed by atoms with Crippen molar-refractivity contribution in [3.8, 4) is 0 Å². The highest BCUT2D eigenvalue weighted by atomic mass is 32.2. The molecule has 0 amide bonds. The molecule has 2 aliphatic rings. The van der Waals surface area contributed by atoms with Crippen molar-refractivity contribution in [1.29, 1.82) is 0 Å². The summed E-state index contributed by atoms with van der Waals surface area (Å²) in [7, 11) is 1.90. The number of aliphatic imine (C=N–C) groups is 1. The molecule has 0 atom stereocenters. The van der Waals surface area contributed by atoms with E-state index in [1.165, 1.54) is 49.9 Å². The molecule has 2 fully saturated rings. The molecule has 1 aliphatic heterocycles. The molecule has 1 aliphatic carbocycles. The number of thioether (sulfide) groups is 1. The van der Waals surface area contributed by atoms with E-state index < -0.39 is 0 Å². The van der Waals surface area contributed by atoms with Crippen LogP contribution in [0.25, 0.3) is 4.91 Å². The van der Waals surface area contributed by atoms with Gasteiger partial charge in [0.15, 0.2) is 5.17 Å². The predicted octanol–water partition coefficient (Wildman–Crippen LogP) is 4.50. The maximum absolute atomic E-state index is 4.57. The average molecular weight is 358 g/mol. The summed E-state index contributed by atoms with van der Waals surface area (Å²) >= 11 is 1.72. The van der Waals surface area contributed by atoms with Gasteiger partial charge in [0, 0.05) is 44.2 Å². The standard InChI is InChI=1S/C21H31N3S/c1-4-18-8-7-9-19(16-18)17(2)25-21(22-3)24-14-12-23(13-15-24)20-10-5-6-11-20/h7-9,16,20H,2,4-6,10-15H2,1,3H3. The molecule has 4 heteroatoms. The minimum absolute atomic E-state index is 0.837. The van der Waals surface area contributed by atoms with Crippen LogP contribution in [0.5, 0.6) is 0 Å². The van der Waals surface area contributed by atoms with E-state index in [1.807, 2.05) is 7.05 Å². The van der Waals surface area contributed by atoms with Crippen molar-refractivity contribution < 1.29 is 0 Å². The Kier molecular flexibility index (Phi) is 6.60. The van der Waals surface area contributed by atoms with Crippen LogP contribution in [0.4, 0.5) is 0 Å². The first-order chi connectivity index (χ1) is 12.2. The van der Waals surface area contributed by atoms with Crippen molar-refractivity contribution >= 4 is 21.8 Å². The van der Waals surface area contributed by atoms with Gasteiger partial charge in [-0.1, -0.05) is 62.4 Å². The maximum atomic E-state index is 4.57. The molecule has 3 nitrogen and oxygen atoms in total. The van der Waals surface area contributed by atoms with E-state index in [-0.39, 0.29) is 0 Å². The highest BCUT2D eigenvalue weighted by Crippen LogP contribution is 2.30. The third-order valence-electron chi connectivity index (χ3n) is 5.49. The summed E-state index contributed by atoms with van der Waals surface area (Å²) in [6, 6.07) is 9.55. The molecule has 1 heterocycles. The molecule has 1 saturated heterocycles. The molecule has 0 radical (unpaired) electrons. The van der Waals surface area contributed by atoms with Gasteiger partial charge in [0.05, 0.1) is 0 Å². The van der Waals surface area contributed by atoms with Gasteiger partial charge in [0.2, 0.25) is 0 Å². The molecule has 1 aromatic rings. The Morgan fingerprint density at radius 1 is 1.20 bits per heavy atom. The Balaban J connectivity index is 1.56. The van der Waals surface area contributed by atoms with E-state index in [2.05, 4.69) is 52.6 Å². The van der Waals surface area contributed by atoms with Crippen molar-refractivity contribution in [2.24, 2.45) is 4.99 Å². The number of nitrogens with zero attached hydrogens (tertiary/aromatic N) is 3. The highest BCUT2D eigenvalue weighted by molar-refractivity contribution is 8.21. The van der Waals surface area contributed by atoms with Crippen LogP contribution in [0.1, 0.15) is 43.7 Å². The molecular formula is C21H31N3S. The van der Waals surface area contributed by atoms with Crippen LogP contribution in [-0.2, 0) is 6.42 Å². The summed E-state index contributed by atoms with van der Waals surface area (Å²) < 4.78 is 0. The topological polar surface area (TPSA) is 18.8 Å². The lowest BCUT2D eigenvalue weighted by molar-refractivity contribution is 0.135. The van der Waals surface area contributed by atoms with Gasteiger partial charge in [-0.2, -0.15) is 0 Å². The number of hydrogen-bond acceptors (Lipinski definition) is 3. The van der Waals surface area contributed by atoms with Gasteiger partial charge < -0.3 is 4.90 Å².